The summed E-state index contributed by atoms with van der Waals surface area (Å²) in [7, 11) is 0. The summed E-state index contributed by atoms with van der Waals surface area (Å²) in [6, 6.07) is 5.62. The molecule has 2 N–H and O–H groups in total. The maximum Gasteiger partial charge on any atom is 0.278 e. The van der Waals surface area contributed by atoms with Crippen molar-refractivity contribution in [2.75, 3.05) is 18.0 Å². The number of rotatable bonds is 2. The third kappa shape index (κ3) is 1.94. The highest BCUT2D eigenvalue weighted by Crippen LogP contribution is 2.41. The van der Waals surface area contributed by atoms with E-state index in [2.05, 4.69) is 9.88 Å². The van der Waals surface area contributed by atoms with Gasteiger partial charge in [-0.05, 0) is 36.8 Å². The number of nitro benzene ring substituents is 1. The Hall–Kier alpha value is -2.21. The van der Waals surface area contributed by atoms with Gasteiger partial charge in [0, 0.05) is 48.7 Å². The molecule has 1 aromatic heterocycles. The van der Waals surface area contributed by atoms with E-state index in [0.717, 1.165) is 30.6 Å². The molecule has 2 heterocycles. The second-order valence-corrected chi connectivity index (χ2v) is 6.35. The Morgan fingerprint density at radius 2 is 2.09 bits per heavy atom. The van der Waals surface area contributed by atoms with Gasteiger partial charge in [-0.3, -0.25) is 15.1 Å². The van der Waals surface area contributed by atoms with Crippen LogP contribution in [0.1, 0.15) is 12.8 Å². The van der Waals surface area contributed by atoms with Gasteiger partial charge in [-0.2, -0.15) is 0 Å². The van der Waals surface area contributed by atoms with Crippen LogP contribution in [0.3, 0.4) is 0 Å². The van der Waals surface area contributed by atoms with Crippen molar-refractivity contribution < 1.29 is 4.92 Å². The Bertz CT molecular complexity index is 748. The summed E-state index contributed by atoms with van der Waals surface area (Å²) in [6.07, 6.45) is 5.58. The molecule has 0 radical (unpaired) electrons. The number of nitrogens with two attached hydrogens (primary N) is 1. The molecule has 2 aromatic rings. The lowest BCUT2D eigenvalue weighted by Crippen LogP contribution is -2.30. The van der Waals surface area contributed by atoms with E-state index in [-0.39, 0.29) is 10.6 Å². The molecule has 1 aliphatic carbocycles. The molecule has 114 valence electrons. The quantitative estimate of drug-likeness (QED) is 0.679. The molecular formula is C16H18N4O2. The maximum atomic E-state index is 11.2. The molecule has 1 saturated carbocycles. The normalized spacial score (nSPS) is 27.3. The van der Waals surface area contributed by atoms with Crippen molar-refractivity contribution in [3.63, 3.8) is 0 Å². The van der Waals surface area contributed by atoms with Crippen LogP contribution >= 0.6 is 0 Å². The topological polar surface area (TPSA) is 85.3 Å². The SMILES string of the molecule is NC1CCC2CN(c3ccc([N+](=O)[O-])c4cnccc34)CC12. The van der Waals surface area contributed by atoms with Crippen LogP contribution in [0.2, 0.25) is 0 Å². The van der Waals surface area contributed by atoms with Gasteiger partial charge in [-0.15, -0.1) is 0 Å². The summed E-state index contributed by atoms with van der Waals surface area (Å²) in [5, 5.41) is 12.7. The summed E-state index contributed by atoms with van der Waals surface area (Å²) in [4.78, 5) is 17.2. The fourth-order valence-electron chi connectivity index (χ4n) is 4.10. The minimum atomic E-state index is -0.345. The van der Waals surface area contributed by atoms with Crippen molar-refractivity contribution >= 4 is 22.1 Å². The zero-order chi connectivity index (χ0) is 15.3. The van der Waals surface area contributed by atoms with E-state index in [9.17, 15) is 10.1 Å². The molecular weight excluding hydrogens is 280 g/mol. The number of aromatic nitrogens is 1. The number of benzene rings is 1. The zero-order valence-electron chi connectivity index (χ0n) is 12.2. The van der Waals surface area contributed by atoms with Crippen LogP contribution in [-0.2, 0) is 0 Å². The molecule has 2 aliphatic rings. The monoisotopic (exact) mass is 298 g/mol. The molecule has 6 nitrogen and oxygen atoms in total. The molecule has 1 aliphatic heterocycles. The van der Waals surface area contributed by atoms with Gasteiger partial charge in [0.15, 0.2) is 0 Å². The van der Waals surface area contributed by atoms with Crippen LogP contribution in [0, 0.1) is 22.0 Å². The highest BCUT2D eigenvalue weighted by atomic mass is 16.6. The lowest BCUT2D eigenvalue weighted by Gasteiger charge is -2.22. The summed E-state index contributed by atoms with van der Waals surface area (Å²) >= 11 is 0. The van der Waals surface area contributed by atoms with Crippen molar-refractivity contribution in [2.24, 2.45) is 17.6 Å². The van der Waals surface area contributed by atoms with Crippen molar-refractivity contribution in [3.8, 4) is 0 Å². The summed E-state index contributed by atoms with van der Waals surface area (Å²) in [5.74, 6) is 1.20. The standard InChI is InChI=1S/C16H18N4O2/c17-14-2-1-10-8-19(9-13(10)14)15-3-4-16(20(21)22)12-7-18-6-5-11(12)15/h3-7,10,13-14H,1-2,8-9,17H2. The van der Waals surface area contributed by atoms with Gasteiger partial charge in [-0.25, -0.2) is 0 Å². The van der Waals surface area contributed by atoms with E-state index < -0.39 is 0 Å². The van der Waals surface area contributed by atoms with E-state index in [1.165, 1.54) is 6.42 Å². The Morgan fingerprint density at radius 1 is 1.23 bits per heavy atom. The van der Waals surface area contributed by atoms with Crippen molar-refractivity contribution in [2.45, 2.75) is 18.9 Å². The van der Waals surface area contributed by atoms with Crippen LogP contribution in [0.4, 0.5) is 11.4 Å². The van der Waals surface area contributed by atoms with E-state index in [1.54, 1.807) is 18.5 Å². The second-order valence-electron chi connectivity index (χ2n) is 6.35. The second kappa shape index (κ2) is 4.91. The van der Waals surface area contributed by atoms with Crippen molar-refractivity contribution in [1.29, 1.82) is 0 Å². The van der Waals surface area contributed by atoms with Crippen LogP contribution in [0.5, 0.6) is 0 Å². The average Bonchev–Trinajstić information content (AvgIpc) is 3.08. The van der Waals surface area contributed by atoms with E-state index in [0.29, 0.717) is 23.3 Å². The van der Waals surface area contributed by atoms with E-state index in [4.69, 9.17) is 5.73 Å². The molecule has 3 unspecified atom stereocenters. The number of nitro groups is 1. The number of non-ortho nitro benzene ring substituents is 1. The Kier molecular flexibility index (Phi) is 3.00. The Balaban J connectivity index is 1.77. The van der Waals surface area contributed by atoms with Gasteiger partial charge in [0.2, 0.25) is 0 Å². The lowest BCUT2D eigenvalue weighted by atomic mass is 9.98. The minimum Gasteiger partial charge on any atom is -0.370 e. The van der Waals surface area contributed by atoms with E-state index in [1.807, 2.05) is 12.1 Å². The van der Waals surface area contributed by atoms with Gasteiger partial charge < -0.3 is 10.6 Å². The first kappa shape index (κ1) is 13.5. The zero-order valence-corrected chi connectivity index (χ0v) is 12.2. The number of fused-ring (bicyclic) bond motifs is 2. The molecule has 4 rings (SSSR count). The highest BCUT2D eigenvalue weighted by Gasteiger charge is 2.41. The number of nitrogens with zero attached hydrogens (tertiary/aromatic N) is 3. The third-order valence-electron chi connectivity index (χ3n) is 5.22. The fraction of sp³-hybridized carbons (Fsp3) is 0.438. The number of pyridine rings is 1. The molecule has 2 fully saturated rings. The largest absolute Gasteiger partial charge is 0.370 e. The van der Waals surface area contributed by atoms with Crippen LogP contribution < -0.4 is 10.6 Å². The van der Waals surface area contributed by atoms with Crippen molar-refractivity contribution in [3.05, 3.63) is 40.7 Å². The maximum absolute atomic E-state index is 11.2. The molecule has 0 spiro atoms. The summed E-state index contributed by atoms with van der Waals surface area (Å²) in [5.41, 5.74) is 7.38. The van der Waals surface area contributed by atoms with E-state index >= 15 is 0 Å². The molecule has 0 bridgehead atoms. The van der Waals surface area contributed by atoms with Gasteiger partial charge in [0.1, 0.15) is 0 Å². The lowest BCUT2D eigenvalue weighted by molar-refractivity contribution is -0.383. The van der Waals surface area contributed by atoms with Crippen molar-refractivity contribution in [1.82, 2.24) is 4.98 Å². The smallest absolute Gasteiger partial charge is 0.278 e. The first-order valence-corrected chi connectivity index (χ1v) is 7.67. The van der Waals surface area contributed by atoms with Gasteiger partial charge >= 0.3 is 0 Å². The minimum absolute atomic E-state index is 0.114. The first-order valence-electron chi connectivity index (χ1n) is 7.67. The molecule has 6 heteroatoms. The molecule has 3 atom stereocenters. The summed E-state index contributed by atoms with van der Waals surface area (Å²) in [6.45, 7) is 1.94. The predicted octanol–water partition coefficient (Wildman–Crippen LogP) is 2.32. The summed E-state index contributed by atoms with van der Waals surface area (Å²) < 4.78 is 0. The number of hydrogen-bond acceptors (Lipinski definition) is 5. The molecule has 22 heavy (non-hydrogen) atoms. The molecule has 1 saturated heterocycles. The Morgan fingerprint density at radius 3 is 2.86 bits per heavy atom. The highest BCUT2D eigenvalue weighted by molar-refractivity contribution is 5.99. The van der Waals surface area contributed by atoms with Crippen LogP contribution in [0.15, 0.2) is 30.6 Å². The molecule has 1 aromatic carbocycles. The number of anilines is 1. The molecule has 0 amide bonds. The third-order valence-corrected chi connectivity index (χ3v) is 5.22. The Labute approximate surface area is 128 Å². The predicted molar refractivity (Wildman–Crippen MR) is 84.8 cm³/mol. The average molecular weight is 298 g/mol. The van der Waals surface area contributed by atoms with Gasteiger partial charge in [-0.1, -0.05) is 0 Å². The van der Waals surface area contributed by atoms with Crippen LogP contribution in [0.25, 0.3) is 10.8 Å². The first-order chi connectivity index (χ1) is 10.6. The van der Waals surface area contributed by atoms with Gasteiger partial charge in [0.25, 0.3) is 5.69 Å². The van der Waals surface area contributed by atoms with Gasteiger partial charge in [0.05, 0.1) is 10.3 Å². The number of hydrogen-bond donors (Lipinski definition) is 1. The van der Waals surface area contributed by atoms with Crippen LogP contribution in [-0.4, -0.2) is 29.0 Å². The fourth-order valence-corrected chi connectivity index (χ4v) is 4.10.